The van der Waals surface area contributed by atoms with E-state index in [0.29, 0.717) is 50.7 Å². The molecule has 0 fully saturated rings. The summed E-state index contributed by atoms with van der Waals surface area (Å²) >= 11 is 0. The summed E-state index contributed by atoms with van der Waals surface area (Å²) in [6, 6.07) is 24.5. The molecule has 2 amide bonds. The molecule has 3 aliphatic rings. The normalized spacial score (nSPS) is 18.2. The summed E-state index contributed by atoms with van der Waals surface area (Å²) in [5.74, 6) is -1.11. The molecule has 0 saturated heterocycles. The van der Waals surface area contributed by atoms with Crippen LogP contribution in [0.3, 0.4) is 0 Å². The van der Waals surface area contributed by atoms with Gasteiger partial charge < -0.3 is 24.5 Å². The second-order valence-corrected chi connectivity index (χ2v) is 12.5. The van der Waals surface area contributed by atoms with Gasteiger partial charge in [0.25, 0.3) is 5.56 Å². The molecule has 2 N–H and O–H groups in total. The zero-order chi connectivity index (χ0) is 35.4. The minimum atomic E-state index is -1.16. The smallest absolute Gasteiger partial charge is 0.337 e. The predicted octanol–water partition coefficient (Wildman–Crippen LogP) is 5.37. The van der Waals surface area contributed by atoms with Crippen LogP contribution < -0.4 is 15.8 Å². The number of hydrogen-bond donors (Lipinski definition) is 2. The summed E-state index contributed by atoms with van der Waals surface area (Å²) in [6.07, 6.45) is 0.361. The van der Waals surface area contributed by atoms with Crippen molar-refractivity contribution in [2.24, 2.45) is 4.99 Å². The molecule has 5 heterocycles. The standard InChI is InChI=1S/C39H31N5O7/c1-21-34(38(48)50-2)35(42-39(49)44(21)24-8-4-3-5-9-24)22-12-14-23(15-13-22)40-18-27-25-10-6-7-11-30(25)41-36-28(27)19-43-31(36)16-26-29(37(43)47)20-51-33(46)17-32(26)45/h3-16,18,32,35,45H,17,19-20H2,1-2H3,(H,42,49). The van der Waals surface area contributed by atoms with Crippen molar-refractivity contribution in [3.05, 3.63) is 134 Å². The van der Waals surface area contributed by atoms with E-state index in [2.05, 4.69) is 5.32 Å². The molecule has 2 aromatic heterocycles. The number of benzene rings is 3. The lowest BCUT2D eigenvalue weighted by Gasteiger charge is -2.35. The Kier molecular flexibility index (Phi) is 7.80. The van der Waals surface area contributed by atoms with Gasteiger partial charge in [-0.25, -0.2) is 14.6 Å². The average molecular weight is 682 g/mol. The van der Waals surface area contributed by atoms with Crippen molar-refractivity contribution >= 4 is 46.5 Å². The molecule has 254 valence electrons. The molecule has 2 unspecified atom stereocenters. The van der Waals surface area contributed by atoms with Crippen LogP contribution in [0.15, 0.2) is 106 Å². The van der Waals surface area contributed by atoms with E-state index >= 15 is 0 Å². The highest BCUT2D eigenvalue weighted by molar-refractivity contribution is 6.04. The molecule has 3 aromatic carbocycles. The Morgan fingerprint density at radius 3 is 2.53 bits per heavy atom. The highest BCUT2D eigenvalue weighted by Crippen LogP contribution is 2.38. The zero-order valence-corrected chi connectivity index (χ0v) is 27.6. The fourth-order valence-corrected chi connectivity index (χ4v) is 7.08. The second-order valence-electron chi connectivity index (χ2n) is 12.5. The molecule has 3 aliphatic heterocycles. The average Bonchev–Trinajstić information content (AvgIpc) is 3.44. The van der Waals surface area contributed by atoms with Gasteiger partial charge in [0.05, 0.1) is 71.6 Å². The lowest BCUT2D eigenvalue weighted by Crippen LogP contribution is -2.48. The highest BCUT2D eigenvalue weighted by Gasteiger charge is 2.37. The van der Waals surface area contributed by atoms with Gasteiger partial charge in [-0.2, -0.15) is 0 Å². The molecular weight excluding hydrogens is 650 g/mol. The molecule has 0 bridgehead atoms. The highest BCUT2D eigenvalue weighted by atomic mass is 16.5. The van der Waals surface area contributed by atoms with E-state index in [1.165, 1.54) is 12.0 Å². The van der Waals surface area contributed by atoms with Crippen LogP contribution in [0, 0.1) is 0 Å². The Bertz CT molecular complexity index is 2400. The molecule has 51 heavy (non-hydrogen) atoms. The molecule has 5 aromatic rings. The third-order valence-electron chi connectivity index (χ3n) is 9.60. The maximum Gasteiger partial charge on any atom is 0.337 e. The van der Waals surface area contributed by atoms with Crippen molar-refractivity contribution in [1.29, 1.82) is 0 Å². The first kappa shape index (κ1) is 31.8. The largest absolute Gasteiger partial charge is 0.466 e. The predicted molar refractivity (Wildman–Crippen MR) is 189 cm³/mol. The molecule has 0 aliphatic carbocycles. The van der Waals surface area contributed by atoms with Gasteiger partial charge in [0.15, 0.2) is 0 Å². The number of aromatic nitrogens is 2. The number of esters is 2. The number of methoxy groups -OCH3 is 1. The third kappa shape index (κ3) is 5.36. The zero-order valence-electron chi connectivity index (χ0n) is 27.6. The number of urea groups is 1. The first-order chi connectivity index (χ1) is 24.7. The van der Waals surface area contributed by atoms with Crippen molar-refractivity contribution in [3.8, 4) is 11.4 Å². The van der Waals surface area contributed by atoms with E-state index in [4.69, 9.17) is 19.5 Å². The summed E-state index contributed by atoms with van der Waals surface area (Å²) in [5.41, 5.74) is 6.43. The quantitative estimate of drug-likeness (QED) is 0.182. The van der Waals surface area contributed by atoms with E-state index in [1.807, 2.05) is 54.6 Å². The lowest BCUT2D eigenvalue weighted by atomic mass is 9.94. The summed E-state index contributed by atoms with van der Waals surface area (Å²) in [7, 11) is 1.31. The number of anilines is 1. The van der Waals surface area contributed by atoms with E-state index < -0.39 is 24.1 Å². The number of cyclic esters (lactones) is 1. The molecule has 8 rings (SSSR count). The number of carbonyl (C=O) groups excluding carboxylic acids is 3. The Labute approximate surface area is 291 Å². The summed E-state index contributed by atoms with van der Waals surface area (Å²) < 4.78 is 11.9. The van der Waals surface area contributed by atoms with Crippen molar-refractivity contribution in [3.63, 3.8) is 0 Å². The summed E-state index contributed by atoms with van der Waals surface area (Å²) in [4.78, 5) is 63.2. The number of para-hydroxylation sites is 2. The number of allylic oxidation sites excluding steroid dienone is 1. The molecular formula is C39H31N5O7. The van der Waals surface area contributed by atoms with Crippen LogP contribution in [0.25, 0.3) is 22.3 Å². The van der Waals surface area contributed by atoms with E-state index in [1.54, 1.807) is 48.0 Å². The van der Waals surface area contributed by atoms with Gasteiger partial charge in [-0.05, 0) is 54.4 Å². The van der Waals surface area contributed by atoms with E-state index in [-0.39, 0.29) is 36.7 Å². The topological polar surface area (TPSA) is 152 Å². The van der Waals surface area contributed by atoms with Crippen LogP contribution in [0.5, 0.6) is 0 Å². The number of carbonyl (C=O) groups is 3. The van der Waals surface area contributed by atoms with Crippen LogP contribution in [0.1, 0.15) is 53.3 Å². The van der Waals surface area contributed by atoms with Gasteiger partial charge in [0.2, 0.25) is 0 Å². The lowest BCUT2D eigenvalue weighted by molar-refractivity contribution is -0.146. The molecule has 12 nitrogen and oxygen atoms in total. The summed E-state index contributed by atoms with van der Waals surface area (Å²) in [6.45, 7) is 1.75. The number of aliphatic hydroxyl groups excluding tert-OH is 1. The Balaban J connectivity index is 1.15. The number of rotatable bonds is 5. The van der Waals surface area contributed by atoms with Crippen molar-refractivity contribution in [2.75, 3.05) is 12.0 Å². The molecule has 2 atom stereocenters. The molecule has 0 radical (unpaired) electrons. The summed E-state index contributed by atoms with van der Waals surface area (Å²) in [5, 5.41) is 14.6. The van der Waals surface area contributed by atoms with Gasteiger partial charge >= 0.3 is 18.0 Å². The maximum atomic E-state index is 13.7. The van der Waals surface area contributed by atoms with E-state index in [0.717, 1.165) is 16.5 Å². The SMILES string of the molecule is COC(=O)C1=C(C)N(c2ccccc2)C(=O)NC1c1ccc(N=Cc2c3c(nc4ccccc24)-c2cc4c(c(=O)n2C3)COC(=O)CC4O)cc1. The van der Waals surface area contributed by atoms with E-state index in [9.17, 15) is 24.3 Å². The number of nitrogens with one attached hydrogen (secondary N) is 1. The number of ether oxygens (including phenoxy) is 2. The van der Waals surface area contributed by atoms with Gasteiger partial charge in [-0.15, -0.1) is 0 Å². The maximum absolute atomic E-state index is 13.7. The molecule has 0 spiro atoms. The van der Waals surface area contributed by atoms with Gasteiger partial charge in [-0.3, -0.25) is 19.5 Å². The van der Waals surface area contributed by atoms with Gasteiger partial charge in [0, 0.05) is 28.4 Å². The first-order valence-corrected chi connectivity index (χ1v) is 16.3. The van der Waals surface area contributed by atoms with Crippen LogP contribution in [-0.4, -0.2) is 46.0 Å². The van der Waals surface area contributed by atoms with Crippen LogP contribution >= 0.6 is 0 Å². The number of nitrogens with zero attached hydrogens (tertiary/aromatic N) is 4. The number of aliphatic imine (C=N–C) groups is 1. The number of pyridine rings is 2. The minimum Gasteiger partial charge on any atom is -0.466 e. The van der Waals surface area contributed by atoms with Gasteiger partial charge in [-0.1, -0.05) is 48.5 Å². The monoisotopic (exact) mass is 681 g/mol. The fraction of sp³-hybridized carbons (Fsp3) is 0.179. The Hall–Kier alpha value is -6.40. The first-order valence-electron chi connectivity index (χ1n) is 16.3. The Morgan fingerprint density at radius 1 is 1.02 bits per heavy atom. The number of hydrogen-bond acceptors (Lipinski definition) is 9. The van der Waals surface area contributed by atoms with Crippen molar-refractivity contribution in [2.45, 2.75) is 38.6 Å². The Morgan fingerprint density at radius 2 is 1.76 bits per heavy atom. The fourth-order valence-electron chi connectivity index (χ4n) is 7.08. The number of aliphatic hydroxyl groups is 1. The van der Waals surface area contributed by atoms with Crippen LogP contribution in [0.4, 0.5) is 16.2 Å². The van der Waals surface area contributed by atoms with Gasteiger partial charge in [0.1, 0.15) is 6.61 Å². The number of fused-ring (bicyclic) bond motifs is 5. The van der Waals surface area contributed by atoms with Crippen LogP contribution in [0.2, 0.25) is 0 Å². The third-order valence-corrected chi connectivity index (χ3v) is 9.60. The molecule has 12 heteroatoms. The van der Waals surface area contributed by atoms with Crippen molar-refractivity contribution in [1.82, 2.24) is 14.9 Å². The molecule has 0 saturated carbocycles. The van der Waals surface area contributed by atoms with Crippen LogP contribution in [-0.2, 0) is 32.2 Å². The second kappa shape index (κ2) is 12.5. The van der Waals surface area contributed by atoms with Crippen molar-refractivity contribution < 1.29 is 29.0 Å². The number of amides is 2. The minimum absolute atomic E-state index is 0.202.